The number of fused-ring (bicyclic) bond motifs is 1. The summed E-state index contributed by atoms with van der Waals surface area (Å²) in [5.41, 5.74) is 1.15. The van der Waals surface area contributed by atoms with Crippen LogP contribution in [0.5, 0.6) is 0 Å². The lowest BCUT2D eigenvalue weighted by Gasteiger charge is -2.20. The van der Waals surface area contributed by atoms with Crippen LogP contribution in [0.25, 0.3) is 0 Å². The van der Waals surface area contributed by atoms with Crippen LogP contribution < -0.4 is 0 Å². The SMILES string of the molecule is CCC(C)N1N=C2CCCCCC2C1=O. The van der Waals surface area contributed by atoms with Crippen LogP contribution in [0.3, 0.4) is 0 Å². The first-order chi connectivity index (χ1) is 7.24. The van der Waals surface area contributed by atoms with Crippen LogP contribution in [0, 0.1) is 5.92 Å². The van der Waals surface area contributed by atoms with Crippen molar-refractivity contribution in [1.29, 1.82) is 0 Å². The molecule has 0 aromatic carbocycles. The lowest BCUT2D eigenvalue weighted by atomic mass is 9.98. The Morgan fingerprint density at radius 3 is 3.00 bits per heavy atom. The molecule has 2 rings (SSSR count). The number of nitrogens with zero attached hydrogens (tertiary/aromatic N) is 2. The smallest absolute Gasteiger partial charge is 0.251 e. The molecule has 0 saturated heterocycles. The van der Waals surface area contributed by atoms with Crippen molar-refractivity contribution in [3.63, 3.8) is 0 Å². The molecule has 84 valence electrons. The Kier molecular flexibility index (Phi) is 3.08. The van der Waals surface area contributed by atoms with Gasteiger partial charge in [0.1, 0.15) is 0 Å². The summed E-state index contributed by atoms with van der Waals surface area (Å²) >= 11 is 0. The van der Waals surface area contributed by atoms with Gasteiger partial charge in [0.25, 0.3) is 5.91 Å². The van der Waals surface area contributed by atoms with Crippen LogP contribution in [0.4, 0.5) is 0 Å². The minimum absolute atomic E-state index is 0.126. The lowest BCUT2D eigenvalue weighted by molar-refractivity contribution is -0.133. The number of carbonyl (C=O) groups is 1. The van der Waals surface area contributed by atoms with Crippen LogP contribution in [-0.2, 0) is 4.79 Å². The van der Waals surface area contributed by atoms with E-state index < -0.39 is 0 Å². The Morgan fingerprint density at radius 1 is 1.47 bits per heavy atom. The maximum atomic E-state index is 12.1. The molecule has 0 radical (unpaired) electrons. The summed E-state index contributed by atoms with van der Waals surface area (Å²) < 4.78 is 0. The Bertz CT molecular complexity index is 285. The van der Waals surface area contributed by atoms with Crippen molar-refractivity contribution in [3.05, 3.63) is 0 Å². The number of hydrogen-bond donors (Lipinski definition) is 0. The molecule has 3 heteroatoms. The highest BCUT2D eigenvalue weighted by atomic mass is 16.2. The second-order valence-corrected chi connectivity index (χ2v) is 4.68. The van der Waals surface area contributed by atoms with E-state index in [9.17, 15) is 4.79 Å². The van der Waals surface area contributed by atoms with E-state index in [2.05, 4.69) is 18.9 Å². The van der Waals surface area contributed by atoms with Gasteiger partial charge in [-0.25, -0.2) is 5.01 Å². The number of hydrazone groups is 1. The molecule has 0 aromatic rings. The van der Waals surface area contributed by atoms with Gasteiger partial charge in [0.05, 0.1) is 17.7 Å². The van der Waals surface area contributed by atoms with E-state index in [0.29, 0.717) is 0 Å². The first-order valence-corrected chi connectivity index (χ1v) is 6.14. The average Bonchev–Trinajstić information content (AvgIpc) is 2.44. The topological polar surface area (TPSA) is 32.7 Å². The Morgan fingerprint density at radius 2 is 2.27 bits per heavy atom. The van der Waals surface area contributed by atoms with Gasteiger partial charge < -0.3 is 0 Å². The van der Waals surface area contributed by atoms with Gasteiger partial charge in [0, 0.05) is 0 Å². The zero-order valence-corrected chi connectivity index (χ0v) is 9.70. The number of rotatable bonds is 2. The van der Waals surface area contributed by atoms with Crippen molar-refractivity contribution in [1.82, 2.24) is 5.01 Å². The summed E-state index contributed by atoms with van der Waals surface area (Å²) in [6, 6.07) is 0.261. The van der Waals surface area contributed by atoms with Crippen LogP contribution >= 0.6 is 0 Å². The first-order valence-electron chi connectivity index (χ1n) is 6.14. The third-order valence-electron chi connectivity index (χ3n) is 3.60. The zero-order valence-electron chi connectivity index (χ0n) is 9.70. The normalized spacial score (nSPS) is 28.4. The standard InChI is InChI=1S/C12H20N2O/c1-3-9(2)14-12(15)10-7-5-4-6-8-11(10)13-14/h9-10H,3-8H2,1-2H3. The maximum absolute atomic E-state index is 12.1. The maximum Gasteiger partial charge on any atom is 0.251 e. The van der Waals surface area contributed by atoms with E-state index in [1.54, 1.807) is 5.01 Å². The average molecular weight is 208 g/mol. The molecule has 2 atom stereocenters. The molecule has 0 bridgehead atoms. The lowest BCUT2D eigenvalue weighted by Crippen LogP contribution is -2.33. The highest BCUT2D eigenvalue weighted by molar-refractivity contribution is 6.08. The van der Waals surface area contributed by atoms with E-state index in [1.165, 1.54) is 19.3 Å². The molecule has 1 amide bonds. The number of carbonyl (C=O) groups excluding carboxylic acids is 1. The van der Waals surface area contributed by atoms with Crippen LogP contribution in [-0.4, -0.2) is 22.7 Å². The van der Waals surface area contributed by atoms with Crippen molar-refractivity contribution in [3.8, 4) is 0 Å². The van der Waals surface area contributed by atoms with E-state index >= 15 is 0 Å². The summed E-state index contributed by atoms with van der Waals surface area (Å²) in [5.74, 6) is 0.378. The van der Waals surface area contributed by atoms with Crippen molar-refractivity contribution in [2.24, 2.45) is 11.0 Å². The monoisotopic (exact) mass is 208 g/mol. The second-order valence-electron chi connectivity index (χ2n) is 4.68. The Hall–Kier alpha value is -0.860. The van der Waals surface area contributed by atoms with Crippen LogP contribution in [0.2, 0.25) is 0 Å². The predicted molar refractivity (Wildman–Crippen MR) is 60.6 cm³/mol. The summed E-state index contributed by atoms with van der Waals surface area (Å²) in [5, 5.41) is 6.25. The molecule has 15 heavy (non-hydrogen) atoms. The predicted octanol–water partition coefficient (Wildman–Crippen LogP) is 2.56. The van der Waals surface area contributed by atoms with Crippen LogP contribution in [0.1, 0.15) is 52.4 Å². The fraction of sp³-hybridized carbons (Fsp3) is 0.833. The van der Waals surface area contributed by atoms with Gasteiger partial charge in [-0.1, -0.05) is 19.8 Å². The molecule has 3 nitrogen and oxygen atoms in total. The highest BCUT2D eigenvalue weighted by Crippen LogP contribution is 2.29. The van der Waals surface area contributed by atoms with E-state index in [0.717, 1.165) is 25.0 Å². The summed E-state index contributed by atoms with van der Waals surface area (Å²) in [7, 11) is 0. The first kappa shape index (κ1) is 10.7. The van der Waals surface area contributed by atoms with Gasteiger partial charge in [-0.2, -0.15) is 5.10 Å². The summed E-state index contributed by atoms with van der Waals surface area (Å²) in [4.78, 5) is 12.1. The van der Waals surface area contributed by atoms with E-state index in [4.69, 9.17) is 0 Å². The van der Waals surface area contributed by atoms with Gasteiger partial charge in [-0.15, -0.1) is 0 Å². The molecule has 1 aliphatic heterocycles. The number of hydrogen-bond acceptors (Lipinski definition) is 2. The molecule has 1 fully saturated rings. The van der Waals surface area contributed by atoms with Gasteiger partial charge in [0.2, 0.25) is 0 Å². The quantitative estimate of drug-likeness (QED) is 0.686. The van der Waals surface area contributed by atoms with Gasteiger partial charge >= 0.3 is 0 Å². The molecule has 2 aliphatic rings. The van der Waals surface area contributed by atoms with E-state index in [1.807, 2.05) is 0 Å². The molecule has 0 N–H and O–H groups in total. The van der Waals surface area contributed by atoms with E-state index in [-0.39, 0.29) is 17.9 Å². The fourth-order valence-electron chi connectivity index (χ4n) is 2.39. The number of amides is 1. The van der Waals surface area contributed by atoms with Crippen molar-refractivity contribution >= 4 is 11.6 Å². The minimum Gasteiger partial charge on any atom is -0.272 e. The largest absolute Gasteiger partial charge is 0.272 e. The van der Waals surface area contributed by atoms with Gasteiger partial charge in [-0.05, 0) is 32.6 Å². The highest BCUT2D eigenvalue weighted by Gasteiger charge is 2.37. The Labute approximate surface area is 91.5 Å². The van der Waals surface area contributed by atoms with Crippen LogP contribution in [0.15, 0.2) is 5.10 Å². The Balaban J connectivity index is 2.15. The van der Waals surface area contributed by atoms with Crippen molar-refractivity contribution < 1.29 is 4.79 Å². The van der Waals surface area contributed by atoms with Crippen molar-refractivity contribution in [2.75, 3.05) is 0 Å². The minimum atomic E-state index is 0.126. The second kappa shape index (κ2) is 4.33. The molecule has 1 heterocycles. The third kappa shape index (κ3) is 1.92. The summed E-state index contributed by atoms with van der Waals surface area (Å²) in [6.45, 7) is 4.18. The zero-order chi connectivity index (χ0) is 10.8. The van der Waals surface area contributed by atoms with Crippen molar-refractivity contribution in [2.45, 2.75) is 58.4 Å². The molecular weight excluding hydrogens is 188 g/mol. The van der Waals surface area contributed by atoms with Gasteiger partial charge in [0.15, 0.2) is 0 Å². The third-order valence-corrected chi connectivity index (χ3v) is 3.60. The fourth-order valence-corrected chi connectivity index (χ4v) is 2.39. The summed E-state index contributed by atoms with van der Waals surface area (Å²) in [6.07, 6.45) is 6.68. The molecule has 2 unspecified atom stereocenters. The molecule has 1 aliphatic carbocycles. The molecule has 1 saturated carbocycles. The van der Waals surface area contributed by atoms with Gasteiger partial charge in [-0.3, -0.25) is 4.79 Å². The molecule has 0 aromatic heterocycles. The molecular formula is C12H20N2O. The molecule has 0 spiro atoms.